The standard InChI is InChI=1S/C16H12ClN3O4/c17-12-5-1-2-6-13(12)18-8-11-14(21)19-16(23)20(15(11)22)9-10-4-3-7-24-10/h1-8,22H,9H2,(H,19,21,23). The van der Waals surface area contributed by atoms with Gasteiger partial charge in [-0.3, -0.25) is 19.3 Å². The highest BCUT2D eigenvalue weighted by Gasteiger charge is 2.14. The van der Waals surface area contributed by atoms with Gasteiger partial charge < -0.3 is 9.52 Å². The van der Waals surface area contributed by atoms with Crippen LogP contribution in [0.2, 0.25) is 5.02 Å². The lowest BCUT2D eigenvalue weighted by Crippen LogP contribution is -2.32. The zero-order valence-electron chi connectivity index (χ0n) is 12.3. The van der Waals surface area contributed by atoms with Crippen LogP contribution in [0.4, 0.5) is 5.69 Å². The lowest BCUT2D eigenvalue weighted by Gasteiger charge is -2.07. The highest BCUT2D eigenvalue weighted by atomic mass is 35.5. The summed E-state index contributed by atoms with van der Waals surface area (Å²) in [6.45, 7) is -0.0264. The van der Waals surface area contributed by atoms with Gasteiger partial charge in [-0.1, -0.05) is 23.7 Å². The zero-order valence-corrected chi connectivity index (χ0v) is 13.0. The number of aromatic hydroxyl groups is 1. The summed E-state index contributed by atoms with van der Waals surface area (Å²) >= 11 is 5.99. The Morgan fingerprint density at radius 1 is 1.25 bits per heavy atom. The third kappa shape index (κ3) is 3.16. The van der Waals surface area contributed by atoms with E-state index >= 15 is 0 Å². The highest BCUT2D eigenvalue weighted by Crippen LogP contribution is 2.23. The van der Waals surface area contributed by atoms with Crippen molar-refractivity contribution in [2.75, 3.05) is 0 Å². The normalized spacial score (nSPS) is 11.2. The van der Waals surface area contributed by atoms with Gasteiger partial charge in [0, 0.05) is 6.21 Å². The molecule has 0 bridgehead atoms. The van der Waals surface area contributed by atoms with Crippen molar-refractivity contribution in [3.8, 4) is 5.88 Å². The number of furan rings is 1. The Morgan fingerprint density at radius 2 is 2.04 bits per heavy atom. The van der Waals surface area contributed by atoms with Crippen molar-refractivity contribution in [2.24, 2.45) is 4.99 Å². The van der Waals surface area contributed by atoms with Crippen molar-refractivity contribution in [1.82, 2.24) is 9.55 Å². The Hall–Kier alpha value is -3.06. The first-order valence-electron chi connectivity index (χ1n) is 6.93. The summed E-state index contributed by atoms with van der Waals surface area (Å²) in [5.41, 5.74) is -1.21. The Morgan fingerprint density at radius 3 is 2.75 bits per heavy atom. The number of aliphatic imine (C=N–C) groups is 1. The summed E-state index contributed by atoms with van der Waals surface area (Å²) in [4.78, 5) is 30.1. The minimum Gasteiger partial charge on any atom is -0.494 e. The molecule has 2 aromatic heterocycles. The molecule has 0 spiro atoms. The summed E-state index contributed by atoms with van der Waals surface area (Å²) in [6, 6.07) is 10.1. The van der Waals surface area contributed by atoms with Crippen LogP contribution in [0.1, 0.15) is 11.3 Å². The van der Waals surface area contributed by atoms with Crippen LogP contribution in [0.5, 0.6) is 5.88 Å². The van der Waals surface area contributed by atoms with Gasteiger partial charge >= 0.3 is 5.69 Å². The molecule has 0 saturated carbocycles. The number of hydrogen-bond donors (Lipinski definition) is 2. The van der Waals surface area contributed by atoms with Gasteiger partial charge in [0.1, 0.15) is 11.3 Å². The third-order valence-corrected chi connectivity index (χ3v) is 3.61. The molecule has 2 N–H and O–H groups in total. The average molecular weight is 346 g/mol. The molecule has 24 heavy (non-hydrogen) atoms. The van der Waals surface area contributed by atoms with E-state index in [0.29, 0.717) is 16.5 Å². The zero-order chi connectivity index (χ0) is 17.1. The molecule has 0 aliphatic rings. The highest BCUT2D eigenvalue weighted by molar-refractivity contribution is 6.33. The predicted octanol–water partition coefficient (Wildman–Crippen LogP) is 2.29. The van der Waals surface area contributed by atoms with Gasteiger partial charge in [-0.25, -0.2) is 4.79 Å². The Balaban J connectivity index is 2.03. The van der Waals surface area contributed by atoms with E-state index < -0.39 is 17.1 Å². The van der Waals surface area contributed by atoms with Crippen LogP contribution in [0.15, 0.2) is 61.7 Å². The fourth-order valence-electron chi connectivity index (χ4n) is 2.09. The van der Waals surface area contributed by atoms with Gasteiger partial charge in [0.05, 0.1) is 23.5 Å². The maximum absolute atomic E-state index is 11.9. The molecule has 0 radical (unpaired) electrons. The molecule has 3 aromatic rings. The number of H-pyrrole nitrogens is 1. The quantitative estimate of drug-likeness (QED) is 0.708. The number of hydrogen-bond acceptors (Lipinski definition) is 5. The molecule has 0 unspecified atom stereocenters. The third-order valence-electron chi connectivity index (χ3n) is 3.29. The molecule has 8 heteroatoms. The average Bonchev–Trinajstić information content (AvgIpc) is 3.06. The molecular formula is C16H12ClN3O4. The Kier molecular flexibility index (Phi) is 4.35. The number of aromatic amines is 1. The second kappa shape index (κ2) is 6.59. The first-order valence-corrected chi connectivity index (χ1v) is 7.31. The number of halogens is 1. The van der Waals surface area contributed by atoms with E-state index in [4.69, 9.17) is 16.0 Å². The number of nitrogens with zero attached hydrogens (tertiary/aromatic N) is 2. The summed E-state index contributed by atoms with van der Waals surface area (Å²) in [7, 11) is 0. The van der Waals surface area contributed by atoms with Crippen LogP contribution in [0, 0.1) is 0 Å². The number of aromatic nitrogens is 2. The van der Waals surface area contributed by atoms with E-state index in [0.717, 1.165) is 10.8 Å². The fraction of sp³-hybridized carbons (Fsp3) is 0.0625. The number of para-hydroxylation sites is 1. The summed E-state index contributed by atoms with van der Waals surface area (Å²) in [5, 5.41) is 10.7. The fourth-order valence-corrected chi connectivity index (χ4v) is 2.27. The van der Waals surface area contributed by atoms with E-state index in [-0.39, 0.29) is 12.1 Å². The van der Waals surface area contributed by atoms with Crippen LogP contribution in [0.25, 0.3) is 0 Å². The molecular weight excluding hydrogens is 334 g/mol. The van der Waals surface area contributed by atoms with E-state index in [1.54, 1.807) is 36.4 Å². The first-order chi connectivity index (χ1) is 11.6. The molecule has 1 aromatic carbocycles. The lowest BCUT2D eigenvalue weighted by molar-refractivity contribution is 0.392. The van der Waals surface area contributed by atoms with Gasteiger partial charge in [0.25, 0.3) is 5.56 Å². The molecule has 0 aliphatic carbocycles. The molecule has 0 aliphatic heterocycles. The van der Waals surface area contributed by atoms with Crippen molar-refractivity contribution in [2.45, 2.75) is 6.54 Å². The molecule has 3 rings (SSSR count). The number of rotatable bonds is 4. The van der Waals surface area contributed by atoms with Gasteiger partial charge in [0.15, 0.2) is 0 Å². The van der Waals surface area contributed by atoms with Crippen molar-refractivity contribution in [3.63, 3.8) is 0 Å². The molecule has 0 saturated heterocycles. The minimum absolute atomic E-state index is 0.0264. The summed E-state index contributed by atoms with van der Waals surface area (Å²) < 4.78 is 6.13. The van der Waals surface area contributed by atoms with Crippen LogP contribution < -0.4 is 11.2 Å². The van der Waals surface area contributed by atoms with Crippen molar-refractivity contribution in [3.05, 3.63) is 79.8 Å². The molecule has 122 valence electrons. The molecule has 7 nitrogen and oxygen atoms in total. The summed E-state index contributed by atoms with van der Waals surface area (Å²) in [5.74, 6) is -0.0515. The molecule has 0 fully saturated rings. The molecule has 0 amide bonds. The molecule has 2 heterocycles. The van der Waals surface area contributed by atoms with E-state index in [1.807, 2.05) is 0 Å². The smallest absolute Gasteiger partial charge is 0.331 e. The van der Waals surface area contributed by atoms with E-state index in [1.165, 1.54) is 6.26 Å². The Labute approximate surface area is 140 Å². The van der Waals surface area contributed by atoms with Crippen molar-refractivity contribution in [1.29, 1.82) is 0 Å². The SMILES string of the molecule is O=c1[nH]c(=O)n(Cc2ccco2)c(O)c1C=Nc1ccccc1Cl. The Bertz CT molecular complexity index is 1000. The maximum atomic E-state index is 11.9. The van der Waals surface area contributed by atoms with Crippen molar-refractivity contribution < 1.29 is 9.52 Å². The van der Waals surface area contributed by atoms with Crippen molar-refractivity contribution >= 4 is 23.5 Å². The number of benzene rings is 1. The first kappa shape index (κ1) is 15.8. The molecule has 0 atom stereocenters. The maximum Gasteiger partial charge on any atom is 0.331 e. The second-order valence-electron chi connectivity index (χ2n) is 4.87. The van der Waals surface area contributed by atoms with Crippen LogP contribution in [-0.4, -0.2) is 20.9 Å². The predicted molar refractivity (Wildman–Crippen MR) is 89.5 cm³/mol. The van der Waals surface area contributed by atoms with E-state index in [2.05, 4.69) is 9.98 Å². The number of nitrogens with one attached hydrogen (secondary N) is 1. The monoisotopic (exact) mass is 345 g/mol. The second-order valence-corrected chi connectivity index (χ2v) is 5.28. The summed E-state index contributed by atoms with van der Waals surface area (Å²) in [6.07, 6.45) is 2.61. The van der Waals surface area contributed by atoms with Crippen LogP contribution >= 0.6 is 11.6 Å². The van der Waals surface area contributed by atoms with Crippen LogP contribution in [0.3, 0.4) is 0 Å². The van der Waals surface area contributed by atoms with Gasteiger partial charge in [-0.05, 0) is 24.3 Å². The van der Waals surface area contributed by atoms with Crippen LogP contribution in [-0.2, 0) is 6.54 Å². The topological polar surface area (TPSA) is 101 Å². The largest absolute Gasteiger partial charge is 0.494 e. The van der Waals surface area contributed by atoms with E-state index in [9.17, 15) is 14.7 Å². The van der Waals surface area contributed by atoms with Gasteiger partial charge in [0.2, 0.25) is 5.88 Å². The lowest BCUT2D eigenvalue weighted by atomic mass is 10.3. The minimum atomic E-state index is -0.746. The van der Waals surface area contributed by atoms with Gasteiger partial charge in [-0.2, -0.15) is 0 Å². The van der Waals surface area contributed by atoms with Gasteiger partial charge in [-0.15, -0.1) is 0 Å².